The van der Waals surface area contributed by atoms with Crippen LogP contribution in [0.2, 0.25) is 0 Å². The fourth-order valence-electron chi connectivity index (χ4n) is 2.47. The SMILES string of the molecule is Cl.Cl.Cl.Cl.N=C(N)c1ccccc1.N=C(N)c1ccccc1.N=C(N)c1ccccc1.N=C(N)c1ccccc1. The molecule has 8 nitrogen and oxygen atoms in total. The van der Waals surface area contributed by atoms with Crippen LogP contribution < -0.4 is 22.9 Å². The maximum Gasteiger partial charge on any atom is 0.122 e. The molecule has 0 spiro atoms. The van der Waals surface area contributed by atoms with Crippen LogP contribution in [0.15, 0.2) is 121 Å². The second-order valence-corrected chi connectivity index (χ2v) is 7.12. The zero-order valence-corrected chi connectivity index (χ0v) is 24.8. The van der Waals surface area contributed by atoms with Crippen molar-refractivity contribution in [3.63, 3.8) is 0 Å². The summed E-state index contributed by atoms with van der Waals surface area (Å²) in [7, 11) is 0. The molecule has 0 saturated carbocycles. The highest BCUT2D eigenvalue weighted by Crippen LogP contribution is 1.97. The van der Waals surface area contributed by atoms with Crippen LogP contribution in [-0.4, -0.2) is 23.3 Å². The second kappa shape index (κ2) is 25.2. The Morgan fingerprint density at radius 3 is 0.500 bits per heavy atom. The van der Waals surface area contributed by atoms with E-state index in [1.54, 1.807) is 0 Å². The summed E-state index contributed by atoms with van der Waals surface area (Å²) in [6.45, 7) is 0. The molecule has 0 heterocycles. The predicted octanol–water partition coefficient (Wildman–Crippen LogP) is 5.57. The Morgan fingerprint density at radius 2 is 0.425 bits per heavy atom. The molecule has 0 aliphatic rings. The molecule has 0 aliphatic heterocycles. The fourth-order valence-corrected chi connectivity index (χ4v) is 2.47. The van der Waals surface area contributed by atoms with Crippen molar-refractivity contribution in [2.75, 3.05) is 0 Å². The molecule has 12 N–H and O–H groups in total. The summed E-state index contributed by atoms with van der Waals surface area (Å²) in [6.07, 6.45) is 0. The Balaban J connectivity index is -0.000000209. The van der Waals surface area contributed by atoms with Crippen LogP contribution >= 0.6 is 49.6 Å². The van der Waals surface area contributed by atoms with Gasteiger partial charge in [0.25, 0.3) is 0 Å². The third-order valence-corrected chi connectivity index (χ3v) is 4.34. The van der Waals surface area contributed by atoms with Gasteiger partial charge in [0.2, 0.25) is 0 Å². The molecule has 0 fully saturated rings. The Hall–Kier alpha value is -4.08. The lowest BCUT2D eigenvalue weighted by Crippen LogP contribution is -2.10. The monoisotopic (exact) mass is 624 g/mol. The minimum absolute atomic E-state index is 0. The van der Waals surface area contributed by atoms with Crippen molar-refractivity contribution in [1.82, 2.24) is 0 Å². The summed E-state index contributed by atoms with van der Waals surface area (Å²) in [4.78, 5) is 0. The van der Waals surface area contributed by atoms with Crippen molar-refractivity contribution in [3.8, 4) is 0 Å². The lowest BCUT2D eigenvalue weighted by atomic mass is 10.2. The molecule has 4 aromatic rings. The first-order chi connectivity index (χ1) is 17.2. The highest BCUT2D eigenvalue weighted by atomic mass is 35.5. The van der Waals surface area contributed by atoms with Gasteiger partial charge in [0, 0.05) is 22.3 Å². The van der Waals surface area contributed by atoms with Gasteiger partial charge in [-0.05, 0) is 0 Å². The standard InChI is InChI=1S/4C7H8N2.4ClH/c4*8-7(9)6-4-2-1-3-5-6;;;;/h4*1-5H,(H3,8,9);4*1H. The molecular weight excluding hydrogens is 590 g/mol. The topological polar surface area (TPSA) is 199 Å². The molecule has 4 aromatic carbocycles. The van der Waals surface area contributed by atoms with E-state index in [-0.39, 0.29) is 73.0 Å². The van der Waals surface area contributed by atoms with Gasteiger partial charge < -0.3 is 22.9 Å². The van der Waals surface area contributed by atoms with Gasteiger partial charge in [-0.1, -0.05) is 121 Å². The van der Waals surface area contributed by atoms with Gasteiger partial charge in [-0.15, -0.1) is 49.6 Å². The number of nitrogens with two attached hydrogens (primary N) is 4. The van der Waals surface area contributed by atoms with E-state index in [4.69, 9.17) is 44.6 Å². The maximum atomic E-state index is 7.01. The Labute approximate surface area is 260 Å². The Bertz CT molecular complexity index is 1030. The van der Waals surface area contributed by atoms with E-state index in [1.165, 1.54) is 0 Å². The van der Waals surface area contributed by atoms with Gasteiger partial charge in [0.05, 0.1) is 0 Å². The van der Waals surface area contributed by atoms with Crippen LogP contribution in [0.25, 0.3) is 0 Å². The summed E-state index contributed by atoms with van der Waals surface area (Å²) in [5.41, 5.74) is 23.9. The molecule has 4 rings (SSSR count). The molecule has 0 saturated heterocycles. The smallest absolute Gasteiger partial charge is 0.122 e. The minimum atomic E-state index is 0. The number of nitrogen functional groups attached to an aromatic ring is 4. The van der Waals surface area contributed by atoms with Crippen LogP contribution in [-0.2, 0) is 0 Å². The third-order valence-electron chi connectivity index (χ3n) is 4.34. The Kier molecular flexibility index (Phi) is 27.1. The summed E-state index contributed by atoms with van der Waals surface area (Å²) >= 11 is 0. The van der Waals surface area contributed by atoms with Gasteiger partial charge in [-0.2, -0.15) is 0 Å². The fraction of sp³-hybridized carbons (Fsp3) is 0. The summed E-state index contributed by atoms with van der Waals surface area (Å²) in [5.74, 6) is 0.484. The third kappa shape index (κ3) is 19.1. The molecule has 0 aromatic heterocycles. The van der Waals surface area contributed by atoms with E-state index in [9.17, 15) is 0 Å². The van der Waals surface area contributed by atoms with Crippen LogP contribution in [0.4, 0.5) is 0 Å². The zero-order valence-electron chi connectivity index (χ0n) is 21.5. The van der Waals surface area contributed by atoms with E-state index in [0.29, 0.717) is 0 Å². The van der Waals surface area contributed by atoms with Gasteiger partial charge in [-0.3, -0.25) is 21.6 Å². The van der Waals surface area contributed by atoms with Crippen molar-refractivity contribution in [2.24, 2.45) is 22.9 Å². The number of benzene rings is 4. The normalized spacial score (nSPS) is 8.00. The highest BCUT2D eigenvalue weighted by Gasteiger charge is 1.91. The largest absolute Gasteiger partial charge is 0.384 e. The molecule has 216 valence electrons. The van der Waals surface area contributed by atoms with Crippen molar-refractivity contribution in [1.29, 1.82) is 21.6 Å². The van der Waals surface area contributed by atoms with E-state index in [0.717, 1.165) is 22.3 Å². The van der Waals surface area contributed by atoms with E-state index in [1.807, 2.05) is 121 Å². The summed E-state index contributed by atoms with van der Waals surface area (Å²) < 4.78 is 0. The van der Waals surface area contributed by atoms with Crippen LogP contribution in [0, 0.1) is 21.6 Å². The predicted molar refractivity (Wildman–Crippen MR) is 179 cm³/mol. The highest BCUT2D eigenvalue weighted by molar-refractivity contribution is 5.96. The zero-order chi connectivity index (χ0) is 26.8. The number of halogens is 4. The lowest BCUT2D eigenvalue weighted by molar-refractivity contribution is 1.42. The molecule has 12 heteroatoms. The number of nitrogens with one attached hydrogen (secondary N) is 4. The van der Waals surface area contributed by atoms with Crippen molar-refractivity contribution < 1.29 is 0 Å². The average Bonchev–Trinajstić information content (AvgIpc) is 2.92. The molecule has 0 unspecified atom stereocenters. The number of hydrogen-bond donors (Lipinski definition) is 8. The second-order valence-electron chi connectivity index (χ2n) is 7.12. The van der Waals surface area contributed by atoms with Gasteiger partial charge in [-0.25, -0.2) is 0 Å². The molecule has 0 amide bonds. The van der Waals surface area contributed by atoms with Crippen molar-refractivity contribution >= 4 is 73.0 Å². The van der Waals surface area contributed by atoms with Gasteiger partial charge in [0.1, 0.15) is 23.3 Å². The van der Waals surface area contributed by atoms with Gasteiger partial charge in [0.15, 0.2) is 0 Å². The van der Waals surface area contributed by atoms with Crippen LogP contribution in [0.5, 0.6) is 0 Å². The molecule has 0 atom stereocenters. The molecule has 0 bridgehead atoms. The minimum Gasteiger partial charge on any atom is -0.384 e. The first-order valence-electron chi connectivity index (χ1n) is 10.8. The summed E-state index contributed by atoms with van der Waals surface area (Å²) in [5, 5.41) is 28.1. The van der Waals surface area contributed by atoms with E-state index in [2.05, 4.69) is 0 Å². The average molecular weight is 626 g/mol. The quantitative estimate of drug-likeness (QED) is 0.108. The van der Waals surface area contributed by atoms with Gasteiger partial charge >= 0.3 is 0 Å². The summed E-state index contributed by atoms with van der Waals surface area (Å²) in [6, 6.07) is 36.9. The first-order valence-corrected chi connectivity index (χ1v) is 10.8. The number of amidine groups is 4. The van der Waals surface area contributed by atoms with Crippen LogP contribution in [0.3, 0.4) is 0 Å². The molecule has 0 aliphatic carbocycles. The maximum absolute atomic E-state index is 7.01. The van der Waals surface area contributed by atoms with Crippen LogP contribution in [0.1, 0.15) is 22.3 Å². The Morgan fingerprint density at radius 1 is 0.300 bits per heavy atom. The van der Waals surface area contributed by atoms with Crippen molar-refractivity contribution in [2.45, 2.75) is 0 Å². The lowest BCUT2D eigenvalue weighted by Gasteiger charge is -1.93. The molecular formula is C28H36Cl4N8. The van der Waals surface area contributed by atoms with E-state index < -0.39 is 0 Å². The number of hydrogen-bond acceptors (Lipinski definition) is 4. The van der Waals surface area contributed by atoms with Crippen molar-refractivity contribution in [3.05, 3.63) is 144 Å². The molecule has 0 radical (unpaired) electrons. The van der Waals surface area contributed by atoms with E-state index >= 15 is 0 Å². The number of rotatable bonds is 4. The first kappa shape index (κ1) is 43.0. The molecule has 40 heavy (non-hydrogen) atoms.